The predicted molar refractivity (Wildman–Crippen MR) is 130 cm³/mol. The van der Waals surface area contributed by atoms with E-state index in [9.17, 15) is 9.59 Å². The van der Waals surface area contributed by atoms with Crippen LogP contribution in [0.15, 0.2) is 26.0 Å². The first-order valence-corrected chi connectivity index (χ1v) is 12.4. The van der Waals surface area contributed by atoms with Crippen molar-refractivity contribution in [1.82, 2.24) is 10.2 Å². The maximum absolute atomic E-state index is 12.8. The summed E-state index contributed by atoms with van der Waals surface area (Å²) in [6.45, 7) is 9.03. The minimum atomic E-state index is -0.358. The number of fused-ring (bicyclic) bond motifs is 3. The second-order valence-electron chi connectivity index (χ2n) is 9.97. The summed E-state index contributed by atoms with van der Waals surface area (Å²) < 4.78 is 11.4. The van der Waals surface area contributed by atoms with Crippen molar-refractivity contribution >= 4 is 27.8 Å². The van der Waals surface area contributed by atoms with E-state index < -0.39 is 0 Å². The van der Waals surface area contributed by atoms with E-state index in [0.29, 0.717) is 35.9 Å². The second kappa shape index (κ2) is 8.98. The van der Waals surface area contributed by atoms with Crippen LogP contribution in [0.5, 0.6) is 0 Å². The molecule has 1 amide bonds. The highest BCUT2D eigenvalue weighted by Crippen LogP contribution is 2.33. The van der Waals surface area contributed by atoms with E-state index >= 15 is 0 Å². The number of aryl methyl sites for hydroxylation is 3. The summed E-state index contributed by atoms with van der Waals surface area (Å²) in [6, 6.07) is 2.66. The minimum absolute atomic E-state index is 0.0131. The molecule has 0 spiro atoms. The summed E-state index contributed by atoms with van der Waals surface area (Å²) in [4.78, 5) is 28.1. The number of furan rings is 1. The quantitative estimate of drug-likeness (QED) is 0.566. The molecule has 2 aromatic heterocycles. The number of nitrogens with zero attached hydrogens (tertiary/aromatic N) is 1. The molecule has 0 aliphatic carbocycles. The lowest BCUT2D eigenvalue weighted by Gasteiger charge is -2.44. The Bertz CT molecular complexity index is 1250. The lowest BCUT2D eigenvalue weighted by atomic mass is 9.83. The standard InChI is InChI=1S/C27H34N2O4/c1-16-15-32-25-18(3)26-22(13-21(16)25)17(2)20(27(31)33-26)9-10-24(30)28-14-19-7-6-12-29-11-5-4-8-23(19)29/h13,15,19,23H,4-12,14H2,1-3H3,(H,28,30)/t19-,23-/m1/s1. The van der Waals surface area contributed by atoms with E-state index in [0.717, 1.165) is 39.6 Å². The topological polar surface area (TPSA) is 75.7 Å². The molecule has 2 aliphatic rings. The zero-order valence-corrected chi connectivity index (χ0v) is 20.0. The normalized spacial score (nSPS) is 21.4. The van der Waals surface area contributed by atoms with Crippen LogP contribution < -0.4 is 10.9 Å². The fourth-order valence-electron chi connectivity index (χ4n) is 5.99. The number of benzene rings is 1. The van der Waals surface area contributed by atoms with Crippen molar-refractivity contribution in [3.05, 3.63) is 45.0 Å². The zero-order valence-electron chi connectivity index (χ0n) is 20.0. The van der Waals surface area contributed by atoms with E-state index in [1.807, 2.05) is 26.8 Å². The van der Waals surface area contributed by atoms with Gasteiger partial charge in [-0.25, -0.2) is 4.79 Å². The van der Waals surface area contributed by atoms with Gasteiger partial charge in [-0.15, -0.1) is 0 Å². The first kappa shape index (κ1) is 22.2. The lowest BCUT2D eigenvalue weighted by molar-refractivity contribution is -0.121. The second-order valence-corrected chi connectivity index (χ2v) is 9.97. The molecular formula is C27H34N2O4. The molecule has 2 atom stereocenters. The third kappa shape index (κ3) is 4.10. The highest BCUT2D eigenvalue weighted by molar-refractivity contribution is 5.99. The molecule has 2 fully saturated rings. The van der Waals surface area contributed by atoms with Gasteiger partial charge in [0.05, 0.1) is 6.26 Å². The van der Waals surface area contributed by atoms with Gasteiger partial charge in [-0.05, 0) is 89.1 Å². The summed E-state index contributed by atoms with van der Waals surface area (Å²) >= 11 is 0. The zero-order chi connectivity index (χ0) is 23.1. The van der Waals surface area contributed by atoms with Gasteiger partial charge in [-0.3, -0.25) is 4.79 Å². The molecule has 0 saturated carbocycles. The van der Waals surface area contributed by atoms with Gasteiger partial charge in [0.15, 0.2) is 0 Å². The third-order valence-corrected chi connectivity index (χ3v) is 7.93. The van der Waals surface area contributed by atoms with Gasteiger partial charge in [0.2, 0.25) is 5.91 Å². The van der Waals surface area contributed by atoms with Gasteiger partial charge in [0.1, 0.15) is 11.2 Å². The Kier molecular flexibility index (Phi) is 6.04. The van der Waals surface area contributed by atoms with Crippen molar-refractivity contribution in [3.63, 3.8) is 0 Å². The van der Waals surface area contributed by atoms with Gasteiger partial charge in [0.25, 0.3) is 0 Å². The first-order valence-electron chi connectivity index (χ1n) is 12.4. The summed E-state index contributed by atoms with van der Waals surface area (Å²) in [5, 5.41) is 5.11. The molecule has 1 aromatic carbocycles. The van der Waals surface area contributed by atoms with Crippen molar-refractivity contribution in [2.75, 3.05) is 19.6 Å². The number of rotatable bonds is 5. The Morgan fingerprint density at radius 3 is 2.73 bits per heavy atom. The van der Waals surface area contributed by atoms with Crippen LogP contribution in [-0.4, -0.2) is 36.5 Å². The van der Waals surface area contributed by atoms with Crippen molar-refractivity contribution in [1.29, 1.82) is 0 Å². The summed E-state index contributed by atoms with van der Waals surface area (Å²) in [7, 11) is 0. The van der Waals surface area contributed by atoms with Gasteiger partial charge in [-0.1, -0.05) is 6.42 Å². The summed E-state index contributed by atoms with van der Waals surface area (Å²) in [6.07, 6.45) is 8.67. The Morgan fingerprint density at radius 1 is 1.06 bits per heavy atom. The molecule has 4 heterocycles. The van der Waals surface area contributed by atoms with Gasteiger partial charge < -0.3 is 19.1 Å². The summed E-state index contributed by atoms with van der Waals surface area (Å²) in [5.74, 6) is 0.554. The van der Waals surface area contributed by atoms with E-state index in [1.54, 1.807) is 6.26 Å². The Balaban J connectivity index is 1.29. The Hall–Kier alpha value is -2.60. The fraction of sp³-hybridized carbons (Fsp3) is 0.556. The summed E-state index contributed by atoms with van der Waals surface area (Å²) in [5.41, 5.74) is 4.35. The lowest BCUT2D eigenvalue weighted by Crippen LogP contribution is -2.51. The van der Waals surface area contributed by atoms with Crippen molar-refractivity contribution in [2.24, 2.45) is 5.92 Å². The van der Waals surface area contributed by atoms with Crippen LogP contribution in [0.3, 0.4) is 0 Å². The highest BCUT2D eigenvalue weighted by atomic mass is 16.4. The number of carbonyl (C=O) groups is 1. The predicted octanol–water partition coefficient (Wildman–Crippen LogP) is 4.78. The van der Waals surface area contributed by atoms with Gasteiger partial charge in [-0.2, -0.15) is 0 Å². The van der Waals surface area contributed by atoms with Crippen LogP contribution in [0.25, 0.3) is 21.9 Å². The van der Waals surface area contributed by atoms with Gasteiger partial charge in [0, 0.05) is 40.9 Å². The first-order chi connectivity index (χ1) is 15.9. The number of carbonyl (C=O) groups excluding carboxylic acids is 1. The fourth-order valence-corrected chi connectivity index (χ4v) is 5.99. The van der Waals surface area contributed by atoms with E-state index in [4.69, 9.17) is 8.83 Å². The van der Waals surface area contributed by atoms with Crippen LogP contribution in [0.1, 0.15) is 60.8 Å². The van der Waals surface area contributed by atoms with E-state index in [-0.39, 0.29) is 11.5 Å². The maximum Gasteiger partial charge on any atom is 0.339 e. The Labute approximate surface area is 194 Å². The van der Waals surface area contributed by atoms with Crippen molar-refractivity contribution < 1.29 is 13.6 Å². The smallest absolute Gasteiger partial charge is 0.339 e. The number of piperidine rings is 2. The van der Waals surface area contributed by atoms with Crippen LogP contribution in [0, 0.1) is 26.7 Å². The van der Waals surface area contributed by atoms with Crippen LogP contribution in [0.4, 0.5) is 0 Å². The van der Waals surface area contributed by atoms with Crippen molar-refractivity contribution in [3.8, 4) is 0 Å². The third-order valence-electron chi connectivity index (χ3n) is 7.93. The average Bonchev–Trinajstić information content (AvgIpc) is 3.19. The van der Waals surface area contributed by atoms with Crippen molar-refractivity contribution in [2.45, 2.75) is 71.8 Å². The van der Waals surface area contributed by atoms with Gasteiger partial charge >= 0.3 is 5.63 Å². The average molecular weight is 451 g/mol. The molecular weight excluding hydrogens is 416 g/mol. The largest absolute Gasteiger partial charge is 0.464 e. The molecule has 2 saturated heterocycles. The molecule has 0 bridgehead atoms. The minimum Gasteiger partial charge on any atom is -0.464 e. The number of hydrogen-bond acceptors (Lipinski definition) is 5. The molecule has 2 aliphatic heterocycles. The number of hydrogen-bond donors (Lipinski definition) is 1. The highest BCUT2D eigenvalue weighted by Gasteiger charge is 2.32. The molecule has 0 unspecified atom stereocenters. The monoisotopic (exact) mass is 450 g/mol. The molecule has 5 rings (SSSR count). The van der Waals surface area contributed by atoms with E-state index in [2.05, 4.69) is 10.2 Å². The van der Waals surface area contributed by atoms with Crippen LogP contribution in [-0.2, 0) is 11.2 Å². The number of nitrogens with one attached hydrogen (secondary N) is 1. The molecule has 3 aromatic rings. The molecule has 0 radical (unpaired) electrons. The maximum atomic E-state index is 12.8. The van der Waals surface area contributed by atoms with Crippen LogP contribution in [0.2, 0.25) is 0 Å². The molecule has 33 heavy (non-hydrogen) atoms. The van der Waals surface area contributed by atoms with E-state index in [1.165, 1.54) is 45.2 Å². The molecule has 1 N–H and O–H groups in total. The number of amides is 1. The SMILES string of the molecule is Cc1coc2c(C)c3oc(=O)c(CCC(=O)NC[C@H]4CCCN5CCCC[C@H]45)c(C)c3cc12. The molecule has 6 heteroatoms. The van der Waals surface area contributed by atoms with Crippen LogP contribution >= 0.6 is 0 Å². The molecule has 6 nitrogen and oxygen atoms in total. The Morgan fingerprint density at radius 2 is 1.88 bits per heavy atom. The molecule has 176 valence electrons.